The third-order valence-corrected chi connectivity index (χ3v) is 2.47. The predicted octanol–water partition coefficient (Wildman–Crippen LogP) is 1.22. The molecule has 0 saturated carbocycles. The van der Waals surface area contributed by atoms with Crippen molar-refractivity contribution in [3.63, 3.8) is 0 Å². The second-order valence-electron chi connectivity index (χ2n) is 4.22. The Morgan fingerprint density at radius 2 is 2.11 bits per heavy atom. The van der Waals surface area contributed by atoms with Gasteiger partial charge < -0.3 is 16.2 Å². The van der Waals surface area contributed by atoms with Crippen molar-refractivity contribution in [2.45, 2.75) is 19.9 Å². The van der Waals surface area contributed by atoms with Crippen LogP contribution in [0.2, 0.25) is 0 Å². The van der Waals surface area contributed by atoms with Gasteiger partial charge in [-0.15, -0.1) is 0 Å². The summed E-state index contributed by atoms with van der Waals surface area (Å²) in [4.78, 5) is 21.5. The monoisotopic (exact) mass is 253 g/mol. The van der Waals surface area contributed by atoms with E-state index in [1.807, 2.05) is 0 Å². The summed E-state index contributed by atoms with van der Waals surface area (Å²) in [5, 5.41) is 22.4. The fourth-order valence-corrected chi connectivity index (χ4v) is 1.26. The molecule has 0 radical (unpaired) electrons. The molecule has 7 heteroatoms. The molecule has 0 bridgehead atoms. The van der Waals surface area contributed by atoms with Gasteiger partial charge in [0.15, 0.2) is 0 Å². The second kappa shape index (κ2) is 5.46. The van der Waals surface area contributed by atoms with Crippen molar-refractivity contribution in [3.05, 3.63) is 28.3 Å². The minimum atomic E-state index is -0.709. The fraction of sp³-hybridized carbons (Fsp3) is 0.364. The molecular weight excluding hydrogens is 238 g/mol. The Morgan fingerprint density at radius 1 is 1.50 bits per heavy atom. The van der Waals surface area contributed by atoms with Crippen molar-refractivity contribution in [3.8, 4) is 5.75 Å². The molecule has 4 N–H and O–H groups in total. The van der Waals surface area contributed by atoms with E-state index in [0.717, 1.165) is 6.07 Å². The first kappa shape index (κ1) is 13.9. The molecule has 0 aromatic heterocycles. The lowest BCUT2D eigenvalue weighted by Gasteiger charge is -2.15. The zero-order valence-electron chi connectivity index (χ0n) is 10.1. The van der Waals surface area contributed by atoms with E-state index < -0.39 is 16.9 Å². The largest absolute Gasteiger partial charge is 0.506 e. The van der Waals surface area contributed by atoms with E-state index in [1.54, 1.807) is 13.8 Å². The van der Waals surface area contributed by atoms with Crippen molar-refractivity contribution in [2.24, 2.45) is 11.7 Å². The van der Waals surface area contributed by atoms with Crippen LogP contribution < -0.4 is 11.1 Å². The molecule has 1 aromatic rings. The minimum absolute atomic E-state index is 0.0507. The number of nitro benzene ring substituents is 1. The number of carbonyl (C=O) groups is 1. The molecule has 1 amide bonds. The standard InChI is InChI=1S/C11H15N3O4/c1-6(2)10(12)11(16)13-8-4-3-7(14(17)18)5-9(8)15/h3-6,10,15H,12H2,1-2H3,(H,13,16). The topological polar surface area (TPSA) is 118 Å². The number of carbonyl (C=O) groups excluding carboxylic acids is 1. The molecule has 1 unspecified atom stereocenters. The quantitative estimate of drug-likeness (QED) is 0.423. The van der Waals surface area contributed by atoms with E-state index in [4.69, 9.17) is 5.73 Å². The first-order chi connectivity index (χ1) is 8.32. The van der Waals surface area contributed by atoms with Gasteiger partial charge >= 0.3 is 0 Å². The van der Waals surface area contributed by atoms with Gasteiger partial charge in [0, 0.05) is 6.07 Å². The summed E-state index contributed by atoms with van der Waals surface area (Å²) in [6.45, 7) is 3.58. The molecule has 0 spiro atoms. The molecule has 0 saturated heterocycles. The van der Waals surface area contributed by atoms with Crippen LogP contribution in [0.15, 0.2) is 18.2 Å². The molecule has 0 aliphatic carbocycles. The minimum Gasteiger partial charge on any atom is -0.506 e. The van der Waals surface area contributed by atoms with Crippen LogP contribution in [0.4, 0.5) is 11.4 Å². The third-order valence-electron chi connectivity index (χ3n) is 2.47. The zero-order valence-corrected chi connectivity index (χ0v) is 10.1. The number of amides is 1. The lowest BCUT2D eigenvalue weighted by atomic mass is 10.0. The van der Waals surface area contributed by atoms with E-state index >= 15 is 0 Å². The maximum atomic E-state index is 11.6. The van der Waals surface area contributed by atoms with E-state index in [-0.39, 0.29) is 23.0 Å². The SMILES string of the molecule is CC(C)C(N)C(=O)Nc1ccc([N+](=O)[O-])cc1O. The zero-order chi connectivity index (χ0) is 13.9. The van der Waals surface area contributed by atoms with Gasteiger partial charge in [-0.3, -0.25) is 14.9 Å². The first-order valence-corrected chi connectivity index (χ1v) is 5.36. The number of nitrogens with one attached hydrogen (secondary N) is 1. The number of non-ortho nitro benzene ring substituents is 1. The summed E-state index contributed by atoms with van der Waals surface area (Å²) >= 11 is 0. The Hall–Kier alpha value is -2.15. The maximum Gasteiger partial charge on any atom is 0.273 e. The van der Waals surface area contributed by atoms with Gasteiger partial charge in [-0.2, -0.15) is 0 Å². The number of nitrogens with two attached hydrogens (primary N) is 1. The number of aromatic hydroxyl groups is 1. The number of hydrogen-bond donors (Lipinski definition) is 3. The second-order valence-corrected chi connectivity index (χ2v) is 4.22. The Bertz CT molecular complexity index is 473. The molecule has 1 atom stereocenters. The number of phenolic OH excluding ortho intramolecular Hbond substituents is 1. The van der Waals surface area contributed by atoms with Crippen molar-refractivity contribution in [2.75, 3.05) is 5.32 Å². The average molecular weight is 253 g/mol. The number of nitro groups is 1. The van der Waals surface area contributed by atoms with Crippen molar-refractivity contribution in [1.29, 1.82) is 0 Å². The summed E-state index contributed by atoms with van der Waals surface area (Å²) in [7, 11) is 0. The summed E-state index contributed by atoms with van der Waals surface area (Å²) in [6, 6.07) is 2.71. The normalized spacial score (nSPS) is 12.2. The average Bonchev–Trinajstić information content (AvgIpc) is 2.30. The van der Waals surface area contributed by atoms with Gasteiger partial charge in [-0.05, 0) is 12.0 Å². The van der Waals surface area contributed by atoms with E-state index in [1.165, 1.54) is 12.1 Å². The number of rotatable bonds is 4. The van der Waals surface area contributed by atoms with Crippen molar-refractivity contribution in [1.82, 2.24) is 0 Å². The van der Waals surface area contributed by atoms with Crippen LogP contribution in [-0.4, -0.2) is 22.0 Å². The number of phenols is 1. The highest BCUT2D eigenvalue weighted by Crippen LogP contribution is 2.27. The van der Waals surface area contributed by atoms with Crippen LogP contribution in [-0.2, 0) is 4.79 Å². The molecule has 1 aromatic carbocycles. The molecule has 0 heterocycles. The van der Waals surface area contributed by atoms with Gasteiger partial charge in [-0.25, -0.2) is 0 Å². The van der Waals surface area contributed by atoms with E-state index in [2.05, 4.69) is 5.32 Å². The third kappa shape index (κ3) is 3.17. The Morgan fingerprint density at radius 3 is 2.56 bits per heavy atom. The van der Waals surface area contributed by atoms with E-state index in [0.29, 0.717) is 0 Å². The highest BCUT2D eigenvalue weighted by molar-refractivity contribution is 5.96. The number of anilines is 1. The van der Waals surface area contributed by atoms with Crippen LogP contribution in [0.3, 0.4) is 0 Å². The fourth-order valence-electron chi connectivity index (χ4n) is 1.26. The van der Waals surface area contributed by atoms with E-state index in [9.17, 15) is 20.0 Å². The van der Waals surface area contributed by atoms with Gasteiger partial charge in [0.05, 0.1) is 22.7 Å². The van der Waals surface area contributed by atoms with Gasteiger partial charge in [0.25, 0.3) is 5.69 Å². The van der Waals surface area contributed by atoms with Crippen LogP contribution in [0, 0.1) is 16.0 Å². The van der Waals surface area contributed by atoms with Crippen molar-refractivity contribution < 1.29 is 14.8 Å². The van der Waals surface area contributed by atoms with Crippen LogP contribution in [0.1, 0.15) is 13.8 Å². The van der Waals surface area contributed by atoms with Crippen LogP contribution in [0.25, 0.3) is 0 Å². The molecule has 98 valence electrons. The number of nitrogens with zero attached hydrogens (tertiary/aromatic N) is 1. The van der Waals surface area contributed by atoms with Gasteiger partial charge in [-0.1, -0.05) is 13.8 Å². The number of benzene rings is 1. The molecule has 1 rings (SSSR count). The smallest absolute Gasteiger partial charge is 0.273 e. The van der Waals surface area contributed by atoms with Gasteiger partial charge in [0.1, 0.15) is 5.75 Å². The molecule has 0 fully saturated rings. The molecule has 7 nitrogen and oxygen atoms in total. The molecular formula is C11H15N3O4. The predicted molar refractivity (Wildman–Crippen MR) is 66.2 cm³/mol. The molecule has 0 aliphatic rings. The summed E-state index contributed by atoms with van der Waals surface area (Å²) < 4.78 is 0. The Labute approximate surface area is 104 Å². The summed E-state index contributed by atoms with van der Waals surface area (Å²) in [5.74, 6) is -0.868. The van der Waals surface area contributed by atoms with Crippen LogP contribution in [0.5, 0.6) is 5.75 Å². The lowest BCUT2D eigenvalue weighted by molar-refractivity contribution is -0.384. The maximum absolute atomic E-state index is 11.6. The molecule has 0 aliphatic heterocycles. The summed E-state index contributed by atoms with van der Waals surface area (Å²) in [6.07, 6.45) is 0. The van der Waals surface area contributed by atoms with Crippen molar-refractivity contribution >= 4 is 17.3 Å². The summed E-state index contributed by atoms with van der Waals surface area (Å²) in [5.41, 5.74) is 5.48. The lowest BCUT2D eigenvalue weighted by Crippen LogP contribution is -2.39. The Balaban J connectivity index is 2.86. The number of hydrogen-bond acceptors (Lipinski definition) is 5. The highest BCUT2D eigenvalue weighted by atomic mass is 16.6. The van der Waals surface area contributed by atoms with Crippen LogP contribution >= 0.6 is 0 Å². The highest BCUT2D eigenvalue weighted by Gasteiger charge is 2.19. The van der Waals surface area contributed by atoms with Gasteiger partial charge in [0.2, 0.25) is 5.91 Å². The Kier molecular flexibility index (Phi) is 4.22. The first-order valence-electron chi connectivity index (χ1n) is 5.36. The molecule has 18 heavy (non-hydrogen) atoms.